The van der Waals surface area contributed by atoms with Crippen molar-refractivity contribution < 1.29 is 4.42 Å². The van der Waals surface area contributed by atoms with E-state index in [1.165, 1.54) is 33.0 Å². The van der Waals surface area contributed by atoms with Crippen LogP contribution in [0.2, 0.25) is 0 Å². The highest BCUT2D eigenvalue weighted by Crippen LogP contribution is 2.43. The second-order valence-corrected chi connectivity index (χ2v) is 14.1. The first-order valence-electron chi connectivity index (χ1n) is 19.1. The monoisotopic (exact) mass is 715 g/mol. The lowest BCUT2D eigenvalue weighted by atomic mass is 9.96. The summed E-state index contributed by atoms with van der Waals surface area (Å²) < 4.78 is 6.57. The maximum absolute atomic E-state index is 6.57. The quantitative estimate of drug-likeness (QED) is 0.156. The Morgan fingerprint density at radius 2 is 0.750 bits per heavy atom. The van der Waals surface area contributed by atoms with Crippen molar-refractivity contribution in [3.63, 3.8) is 0 Å². The van der Waals surface area contributed by atoms with Crippen molar-refractivity contribution in [1.29, 1.82) is 0 Å². The zero-order chi connectivity index (χ0) is 37.3. The minimum Gasteiger partial charge on any atom is -0.455 e. The van der Waals surface area contributed by atoms with E-state index in [-0.39, 0.29) is 0 Å². The van der Waals surface area contributed by atoms with Gasteiger partial charge in [-0.1, -0.05) is 176 Å². The van der Waals surface area contributed by atoms with E-state index in [2.05, 4.69) is 217 Å². The Labute approximate surface area is 327 Å². The summed E-state index contributed by atoms with van der Waals surface area (Å²) in [6.45, 7) is 0. The average Bonchev–Trinajstić information content (AvgIpc) is 3.68. The number of hydrogen-bond acceptors (Lipinski definition) is 2. The van der Waals surface area contributed by atoms with Crippen LogP contribution in [0.3, 0.4) is 0 Å². The van der Waals surface area contributed by atoms with Gasteiger partial charge in [-0.25, -0.2) is 0 Å². The molecule has 0 atom stereocenters. The summed E-state index contributed by atoms with van der Waals surface area (Å²) in [6.07, 6.45) is 0. The highest BCUT2D eigenvalue weighted by molar-refractivity contribution is 6.02. The van der Waals surface area contributed by atoms with Crippen molar-refractivity contribution in [1.82, 2.24) is 0 Å². The van der Waals surface area contributed by atoms with Crippen LogP contribution in [-0.4, -0.2) is 0 Å². The van der Waals surface area contributed by atoms with Gasteiger partial charge in [0.2, 0.25) is 0 Å². The lowest BCUT2D eigenvalue weighted by Gasteiger charge is -2.27. The molecule has 10 rings (SSSR count). The van der Waals surface area contributed by atoms with Crippen LogP contribution in [0.4, 0.5) is 17.1 Å². The highest BCUT2D eigenvalue weighted by atomic mass is 16.3. The van der Waals surface area contributed by atoms with Gasteiger partial charge >= 0.3 is 0 Å². The molecule has 0 N–H and O–H groups in total. The number of rotatable bonds is 8. The van der Waals surface area contributed by atoms with Crippen molar-refractivity contribution in [3.8, 4) is 55.8 Å². The maximum atomic E-state index is 6.57. The van der Waals surface area contributed by atoms with Gasteiger partial charge in [-0.2, -0.15) is 0 Å². The number of benzene rings is 9. The highest BCUT2D eigenvalue weighted by Gasteiger charge is 2.19. The van der Waals surface area contributed by atoms with E-state index < -0.39 is 0 Å². The lowest BCUT2D eigenvalue weighted by molar-refractivity contribution is 0.632. The zero-order valence-corrected chi connectivity index (χ0v) is 30.7. The molecule has 9 aromatic carbocycles. The van der Waals surface area contributed by atoms with Crippen LogP contribution in [0.5, 0.6) is 0 Å². The minimum atomic E-state index is 0.883. The maximum Gasteiger partial charge on any atom is 0.143 e. The molecule has 0 unspecified atom stereocenters. The van der Waals surface area contributed by atoms with Gasteiger partial charge in [-0.3, -0.25) is 0 Å². The molecule has 0 aliphatic heterocycles. The molecule has 2 heteroatoms. The predicted octanol–water partition coefficient (Wildman–Crippen LogP) is 15.4. The smallest absolute Gasteiger partial charge is 0.143 e. The number of hydrogen-bond donors (Lipinski definition) is 0. The standard InChI is InChI=1S/C54H37NO/c1-3-14-38(15-4-1)43-20-11-21-44(36-43)39-28-32-47(33-29-39)55(51-26-13-19-41-16-7-8-24-49(41)51)48-34-30-40(31-35-48)45-22-12-23-46(37-45)54-53(42-17-5-2-6-18-42)50-25-9-10-27-52(50)56-54/h1-37H. The van der Waals surface area contributed by atoms with Crippen molar-refractivity contribution >= 4 is 38.8 Å². The molecule has 0 saturated heterocycles. The van der Waals surface area contributed by atoms with Gasteiger partial charge in [0.1, 0.15) is 11.3 Å². The average molecular weight is 716 g/mol. The van der Waals surface area contributed by atoms with Crippen LogP contribution in [0, 0.1) is 0 Å². The lowest BCUT2D eigenvalue weighted by Crippen LogP contribution is -2.10. The Morgan fingerprint density at radius 3 is 1.39 bits per heavy atom. The molecule has 56 heavy (non-hydrogen) atoms. The third kappa shape index (κ3) is 6.24. The molecule has 264 valence electrons. The number of anilines is 3. The topological polar surface area (TPSA) is 16.4 Å². The molecule has 0 aliphatic carbocycles. The molecule has 10 aromatic rings. The molecule has 1 heterocycles. The fraction of sp³-hybridized carbons (Fsp3) is 0. The van der Waals surface area contributed by atoms with Crippen LogP contribution in [0.1, 0.15) is 0 Å². The fourth-order valence-corrected chi connectivity index (χ4v) is 7.93. The van der Waals surface area contributed by atoms with E-state index in [0.717, 1.165) is 61.6 Å². The summed E-state index contributed by atoms with van der Waals surface area (Å²) in [6, 6.07) is 79.9. The number of fused-ring (bicyclic) bond motifs is 2. The summed E-state index contributed by atoms with van der Waals surface area (Å²) in [5.41, 5.74) is 14.6. The molecular weight excluding hydrogens is 679 g/mol. The Hall–Kier alpha value is -7.42. The summed E-state index contributed by atoms with van der Waals surface area (Å²) in [4.78, 5) is 2.37. The number of furan rings is 1. The van der Waals surface area contributed by atoms with Gasteiger partial charge in [-0.05, 0) is 92.9 Å². The molecule has 0 saturated carbocycles. The largest absolute Gasteiger partial charge is 0.455 e. The first-order chi connectivity index (χ1) is 27.8. The molecule has 0 radical (unpaired) electrons. The molecule has 0 spiro atoms. The first kappa shape index (κ1) is 33.2. The summed E-state index contributed by atoms with van der Waals surface area (Å²) in [5, 5.41) is 3.52. The van der Waals surface area contributed by atoms with Gasteiger partial charge in [0.25, 0.3) is 0 Å². The Kier molecular flexibility index (Phi) is 8.55. The second kappa shape index (κ2) is 14.4. The van der Waals surface area contributed by atoms with E-state index in [0.29, 0.717) is 0 Å². The molecule has 2 nitrogen and oxygen atoms in total. The van der Waals surface area contributed by atoms with Crippen molar-refractivity contribution in [2.45, 2.75) is 0 Å². The number of para-hydroxylation sites is 1. The molecule has 1 aromatic heterocycles. The summed E-state index contributed by atoms with van der Waals surface area (Å²) in [5.74, 6) is 0.883. The minimum absolute atomic E-state index is 0.883. The molecular formula is C54H37NO. The van der Waals surface area contributed by atoms with Gasteiger partial charge < -0.3 is 9.32 Å². The predicted molar refractivity (Wildman–Crippen MR) is 236 cm³/mol. The van der Waals surface area contributed by atoms with E-state index in [1.54, 1.807) is 0 Å². The molecule has 0 amide bonds. The number of nitrogens with zero attached hydrogens (tertiary/aromatic N) is 1. The van der Waals surface area contributed by atoms with Crippen LogP contribution < -0.4 is 4.90 Å². The second-order valence-electron chi connectivity index (χ2n) is 14.1. The fourth-order valence-electron chi connectivity index (χ4n) is 7.93. The van der Waals surface area contributed by atoms with E-state index in [9.17, 15) is 0 Å². The van der Waals surface area contributed by atoms with E-state index >= 15 is 0 Å². The van der Waals surface area contributed by atoms with Gasteiger partial charge in [-0.15, -0.1) is 0 Å². The van der Waals surface area contributed by atoms with Crippen LogP contribution >= 0.6 is 0 Å². The normalized spacial score (nSPS) is 11.2. The molecule has 0 bridgehead atoms. The third-order valence-electron chi connectivity index (χ3n) is 10.7. The van der Waals surface area contributed by atoms with Crippen molar-refractivity contribution in [3.05, 3.63) is 224 Å². The van der Waals surface area contributed by atoms with Crippen molar-refractivity contribution in [2.75, 3.05) is 4.90 Å². The first-order valence-corrected chi connectivity index (χ1v) is 19.1. The van der Waals surface area contributed by atoms with Crippen LogP contribution in [-0.2, 0) is 0 Å². The zero-order valence-electron chi connectivity index (χ0n) is 30.7. The molecule has 0 aliphatic rings. The molecule has 0 fully saturated rings. The van der Waals surface area contributed by atoms with Gasteiger partial charge in [0.15, 0.2) is 0 Å². The third-order valence-corrected chi connectivity index (χ3v) is 10.7. The van der Waals surface area contributed by atoms with Crippen molar-refractivity contribution in [2.24, 2.45) is 0 Å². The van der Waals surface area contributed by atoms with E-state index in [1.807, 2.05) is 12.1 Å². The van der Waals surface area contributed by atoms with Gasteiger partial charge in [0, 0.05) is 33.3 Å². The Balaban J connectivity index is 1.02. The van der Waals surface area contributed by atoms with Gasteiger partial charge in [0.05, 0.1) is 5.69 Å². The summed E-state index contributed by atoms with van der Waals surface area (Å²) >= 11 is 0. The Bertz CT molecular complexity index is 2940. The SMILES string of the molecule is c1ccc(-c2cccc(-c3ccc(N(c4ccc(-c5cccc(-c6oc7ccccc7c6-c6ccccc6)c5)cc4)c4cccc5ccccc45)cc3)c2)cc1. The summed E-state index contributed by atoms with van der Waals surface area (Å²) in [7, 11) is 0. The Morgan fingerprint density at radius 1 is 0.304 bits per heavy atom. The van der Waals surface area contributed by atoms with Crippen LogP contribution in [0.15, 0.2) is 229 Å². The van der Waals surface area contributed by atoms with E-state index in [4.69, 9.17) is 4.42 Å². The van der Waals surface area contributed by atoms with Crippen LogP contribution in [0.25, 0.3) is 77.6 Å².